The summed E-state index contributed by atoms with van der Waals surface area (Å²) in [7, 11) is -3.28. The van der Waals surface area contributed by atoms with Crippen LogP contribution in [-0.2, 0) is 9.09 Å². The third kappa shape index (κ3) is 4.00. The lowest BCUT2D eigenvalue weighted by Crippen LogP contribution is -2.07. The first-order chi connectivity index (χ1) is 6.11. The largest absolute Gasteiger partial charge is 0.345 e. The quantitative estimate of drug-likeness (QED) is 0.384. The van der Waals surface area contributed by atoms with Gasteiger partial charge in [0.25, 0.3) is 0 Å². The number of rotatable bonds is 5. The van der Waals surface area contributed by atoms with Gasteiger partial charge >= 0.3 is 7.37 Å². The molecule has 13 heavy (non-hydrogen) atoms. The van der Waals surface area contributed by atoms with Crippen molar-refractivity contribution in [3.63, 3.8) is 0 Å². The van der Waals surface area contributed by atoms with Crippen LogP contribution in [0.1, 0.15) is 19.8 Å². The Kier molecular flexibility index (Phi) is 5.24. The minimum Gasteiger partial charge on any atom is -0.307 e. The lowest BCUT2D eigenvalue weighted by molar-refractivity contribution is 0.212. The second kappa shape index (κ2) is 5.65. The van der Waals surface area contributed by atoms with E-state index in [1.807, 2.05) is 18.2 Å². The molecular weight excluding hydrogens is 183 g/mol. The Hall–Kier alpha value is -0.950. The first kappa shape index (κ1) is 12.0. The molecule has 0 aromatic carbocycles. The van der Waals surface area contributed by atoms with Gasteiger partial charge in [-0.25, -0.2) is 0 Å². The van der Waals surface area contributed by atoms with E-state index in [1.54, 1.807) is 6.08 Å². The van der Waals surface area contributed by atoms with E-state index >= 15 is 0 Å². The lowest BCUT2D eigenvalue weighted by Gasteiger charge is -2.15. The van der Waals surface area contributed by atoms with E-state index in [0.29, 0.717) is 12.8 Å². The summed E-state index contributed by atoms with van der Waals surface area (Å²) >= 11 is 0. The van der Waals surface area contributed by atoms with Gasteiger partial charge in [-0.2, -0.15) is 0 Å². The molecule has 3 heteroatoms. The molecule has 0 aromatic heterocycles. The fourth-order valence-electron chi connectivity index (χ4n) is 0.778. The van der Waals surface area contributed by atoms with Crippen molar-refractivity contribution >= 4 is 7.37 Å². The smallest absolute Gasteiger partial charge is 0.307 e. The van der Waals surface area contributed by atoms with E-state index in [0.717, 1.165) is 0 Å². The van der Waals surface area contributed by atoms with Gasteiger partial charge in [0.15, 0.2) is 0 Å². The molecule has 1 atom stereocenters. The van der Waals surface area contributed by atoms with E-state index in [2.05, 4.69) is 6.58 Å². The summed E-state index contributed by atoms with van der Waals surface area (Å²) in [5, 5.41) is 0. The Balaban J connectivity index is 4.41. The second-order valence-corrected chi connectivity index (χ2v) is 4.30. The van der Waals surface area contributed by atoms with Crippen molar-refractivity contribution in [1.29, 1.82) is 0 Å². The Bertz CT molecular complexity index is 275. The molecule has 0 aliphatic rings. The van der Waals surface area contributed by atoms with Gasteiger partial charge in [0.05, 0.1) is 6.10 Å². The molecule has 0 radical (unpaired) electrons. The van der Waals surface area contributed by atoms with Gasteiger partial charge in [-0.05, 0) is 24.2 Å². The number of hydrogen-bond acceptors (Lipinski definition) is 2. The van der Waals surface area contributed by atoms with Crippen LogP contribution in [-0.4, -0.2) is 6.10 Å². The fraction of sp³-hybridized carbons (Fsp3) is 0.400. The standard InChI is InChI=1S/C10H13O2P/c1-5-9-10(6-2)12-13(11,7-3)8-4/h3-5,10H,1,6,9H2,2H3. The van der Waals surface area contributed by atoms with Crippen LogP contribution >= 0.6 is 7.37 Å². The fourth-order valence-corrected chi connectivity index (χ4v) is 1.63. The Morgan fingerprint density at radius 2 is 2.15 bits per heavy atom. The van der Waals surface area contributed by atoms with Crippen molar-refractivity contribution in [2.24, 2.45) is 0 Å². The maximum atomic E-state index is 11.5. The summed E-state index contributed by atoms with van der Waals surface area (Å²) in [6.07, 6.45) is 12.8. The van der Waals surface area contributed by atoms with Crippen LogP contribution in [0.3, 0.4) is 0 Å². The topological polar surface area (TPSA) is 26.3 Å². The number of terminal acetylenes is 2. The van der Waals surface area contributed by atoms with E-state index in [1.165, 1.54) is 0 Å². The number of hydrogen-bond donors (Lipinski definition) is 0. The van der Waals surface area contributed by atoms with Crippen LogP contribution in [0.15, 0.2) is 12.7 Å². The zero-order chi connectivity index (χ0) is 10.3. The SMILES string of the molecule is C#CP(=O)(C#C)OC(CC)CC=C. The van der Waals surface area contributed by atoms with Crippen LogP contribution < -0.4 is 0 Å². The molecule has 0 bridgehead atoms. The molecule has 0 spiro atoms. The molecular formula is C10H13O2P. The Labute approximate surface area is 79.8 Å². The van der Waals surface area contributed by atoms with Crippen molar-refractivity contribution < 1.29 is 9.09 Å². The van der Waals surface area contributed by atoms with Crippen LogP contribution in [0.2, 0.25) is 0 Å². The average molecular weight is 196 g/mol. The summed E-state index contributed by atoms with van der Waals surface area (Å²) in [6, 6.07) is 0. The Morgan fingerprint density at radius 3 is 2.46 bits per heavy atom. The third-order valence-corrected chi connectivity index (χ3v) is 2.80. The molecule has 0 saturated carbocycles. The molecule has 0 aromatic rings. The summed E-state index contributed by atoms with van der Waals surface area (Å²) in [5.41, 5.74) is 4.03. The maximum absolute atomic E-state index is 11.5. The van der Waals surface area contributed by atoms with Crippen molar-refractivity contribution in [2.75, 3.05) is 0 Å². The molecule has 70 valence electrons. The minimum atomic E-state index is -3.28. The zero-order valence-electron chi connectivity index (χ0n) is 7.69. The van der Waals surface area contributed by atoms with E-state index < -0.39 is 7.37 Å². The average Bonchev–Trinajstić information content (AvgIpc) is 2.17. The van der Waals surface area contributed by atoms with Gasteiger partial charge in [-0.15, -0.1) is 19.4 Å². The van der Waals surface area contributed by atoms with Crippen molar-refractivity contribution in [3.05, 3.63) is 12.7 Å². The van der Waals surface area contributed by atoms with Crippen molar-refractivity contribution in [2.45, 2.75) is 25.9 Å². The van der Waals surface area contributed by atoms with Gasteiger partial charge in [-0.3, -0.25) is 4.57 Å². The van der Waals surface area contributed by atoms with E-state index in [4.69, 9.17) is 17.4 Å². The van der Waals surface area contributed by atoms with Gasteiger partial charge in [-0.1, -0.05) is 13.0 Å². The highest BCUT2D eigenvalue weighted by molar-refractivity contribution is 7.69. The normalized spacial score (nSPS) is 12.5. The van der Waals surface area contributed by atoms with Crippen molar-refractivity contribution in [3.8, 4) is 24.2 Å². The molecule has 0 fully saturated rings. The molecule has 0 aliphatic heterocycles. The molecule has 0 N–H and O–H groups in total. The summed E-state index contributed by atoms with van der Waals surface area (Å²) in [6.45, 7) is 5.47. The molecule has 0 saturated heterocycles. The first-order valence-corrected chi connectivity index (χ1v) is 5.59. The van der Waals surface area contributed by atoms with E-state index in [9.17, 15) is 4.57 Å². The highest BCUT2D eigenvalue weighted by Crippen LogP contribution is 2.46. The minimum absolute atomic E-state index is 0.199. The van der Waals surface area contributed by atoms with Crippen LogP contribution in [0.25, 0.3) is 0 Å². The predicted molar refractivity (Wildman–Crippen MR) is 55.3 cm³/mol. The van der Waals surface area contributed by atoms with Crippen LogP contribution in [0.5, 0.6) is 0 Å². The maximum Gasteiger partial charge on any atom is 0.345 e. The molecule has 0 amide bonds. The van der Waals surface area contributed by atoms with E-state index in [-0.39, 0.29) is 6.10 Å². The monoisotopic (exact) mass is 196 g/mol. The van der Waals surface area contributed by atoms with Gasteiger partial charge in [0.1, 0.15) is 0 Å². The lowest BCUT2D eigenvalue weighted by atomic mass is 10.2. The highest BCUT2D eigenvalue weighted by atomic mass is 31.2. The van der Waals surface area contributed by atoms with Crippen LogP contribution in [0.4, 0.5) is 0 Å². The van der Waals surface area contributed by atoms with Gasteiger partial charge in [0, 0.05) is 0 Å². The zero-order valence-corrected chi connectivity index (χ0v) is 8.59. The summed E-state index contributed by atoms with van der Waals surface area (Å²) in [4.78, 5) is 0. The molecule has 0 heterocycles. The van der Waals surface area contributed by atoms with Crippen LogP contribution in [0, 0.1) is 24.2 Å². The molecule has 0 rings (SSSR count). The van der Waals surface area contributed by atoms with Gasteiger partial charge < -0.3 is 4.52 Å². The summed E-state index contributed by atoms with van der Waals surface area (Å²) in [5.74, 6) is 0. The predicted octanol–water partition coefficient (Wildman–Crippen LogP) is 2.82. The molecule has 2 nitrogen and oxygen atoms in total. The first-order valence-electron chi connectivity index (χ1n) is 3.97. The van der Waals surface area contributed by atoms with Crippen molar-refractivity contribution in [1.82, 2.24) is 0 Å². The summed E-state index contributed by atoms with van der Waals surface area (Å²) < 4.78 is 16.6. The Morgan fingerprint density at radius 1 is 1.62 bits per heavy atom. The molecule has 1 unspecified atom stereocenters. The third-order valence-electron chi connectivity index (χ3n) is 1.52. The van der Waals surface area contributed by atoms with Gasteiger partial charge in [0.2, 0.25) is 0 Å². The second-order valence-electron chi connectivity index (χ2n) is 2.47. The highest BCUT2D eigenvalue weighted by Gasteiger charge is 2.20. The molecule has 0 aliphatic carbocycles.